The highest BCUT2D eigenvalue weighted by Crippen LogP contribution is 2.32. The van der Waals surface area contributed by atoms with E-state index in [0.29, 0.717) is 24.8 Å². The molecule has 0 radical (unpaired) electrons. The SMILES string of the molecule is N#Cc1ccc(C2CC(O)C[C@@H](CO)O2)cc1Cc1ccc(CCCO)cc1. The monoisotopic (exact) mass is 381 g/mol. The molecule has 0 spiro atoms. The molecule has 28 heavy (non-hydrogen) atoms. The maximum absolute atomic E-state index is 10.1. The number of aliphatic hydroxyl groups is 3. The van der Waals surface area contributed by atoms with E-state index in [1.165, 1.54) is 5.56 Å². The number of hydrogen-bond acceptors (Lipinski definition) is 5. The first kappa shape index (κ1) is 20.5. The van der Waals surface area contributed by atoms with Crippen LogP contribution < -0.4 is 0 Å². The van der Waals surface area contributed by atoms with E-state index in [4.69, 9.17) is 9.84 Å². The molecule has 0 aromatic heterocycles. The lowest BCUT2D eigenvalue weighted by molar-refractivity contribution is -0.113. The average Bonchev–Trinajstić information content (AvgIpc) is 2.72. The summed E-state index contributed by atoms with van der Waals surface area (Å²) in [7, 11) is 0. The van der Waals surface area contributed by atoms with Crippen molar-refractivity contribution in [2.45, 2.75) is 50.4 Å². The molecule has 0 saturated carbocycles. The van der Waals surface area contributed by atoms with Crippen molar-refractivity contribution in [2.24, 2.45) is 0 Å². The second-order valence-electron chi connectivity index (χ2n) is 7.40. The average molecular weight is 381 g/mol. The Morgan fingerprint density at radius 1 is 1.04 bits per heavy atom. The van der Waals surface area contributed by atoms with Gasteiger partial charge in [0, 0.05) is 19.4 Å². The summed E-state index contributed by atoms with van der Waals surface area (Å²) in [6.45, 7) is 0.0778. The normalized spacial score (nSPS) is 22.0. The molecule has 2 aromatic rings. The highest BCUT2D eigenvalue weighted by molar-refractivity contribution is 5.44. The summed E-state index contributed by atoms with van der Waals surface area (Å²) in [5.41, 5.74) is 4.77. The highest BCUT2D eigenvalue weighted by Gasteiger charge is 2.29. The molecule has 0 amide bonds. The van der Waals surface area contributed by atoms with E-state index in [0.717, 1.165) is 29.5 Å². The smallest absolute Gasteiger partial charge is 0.0994 e. The van der Waals surface area contributed by atoms with Gasteiger partial charge in [0.15, 0.2) is 0 Å². The molecule has 148 valence electrons. The lowest BCUT2D eigenvalue weighted by atomic mass is 9.92. The molecular formula is C23H27NO4. The topological polar surface area (TPSA) is 93.7 Å². The van der Waals surface area contributed by atoms with Crippen LogP contribution in [0.5, 0.6) is 0 Å². The molecule has 5 heteroatoms. The van der Waals surface area contributed by atoms with Crippen molar-refractivity contribution in [2.75, 3.05) is 13.2 Å². The molecule has 3 atom stereocenters. The number of rotatable bonds is 7. The Morgan fingerprint density at radius 3 is 2.46 bits per heavy atom. The van der Waals surface area contributed by atoms with Crippen molar-refractivity contribution in [1.29, 1.82) is 5.26 Å². The third kappa shape index (κ3) is 5.18. The predicted octanol–water partition coefficient (Wildman–Crippen LogP) is 2.65. The van der Waals surface area contributed by atoms with Gasteiger partial charge in [0.25, 0.3) is 0 Å². The van der Waals surface area contributed by atoms with Gasteiger partial charge in [0.1, 0.15) is 0 Å². The molecule has 1 aliphatic heterocycles. The van der Waals surface area contributed by atoms with Crippen molar-refractivity contribution in [3.8, 4) is 6.07 Å². The molecule has 1 heterocycles. The first-order valence-electron chi connectivity index (χ1n) is 9.79. The van der Waals surface area contributed by atoms with E-state index < -0.39 is 6.10 Å². The van der Waals surface area contributed by atoms with Gasteiger partial charge in [-0.05, 0) is 47.6 Å². The molecule has 0 bridgehead atoms. The number of nitriles is 1. The van der Waals surface area contributed by atoms with E-state index in [2.05, 4.69) is 30.3 Å². The van der Waals surface area contributed by atoms with E-state index in [-0.39, 0.29) is 25.4 Å². The van der Waals surface area contributed by atoms with Crippen LogP contribution in [-0.2, 0) is 17.6 Å². The summed E-state index contributed by atoms with van der Waals surface area (Å²) < 4.78 is 5.91. The second kappa shape index (κ2) is 9.81. The minimum Gasteiger partial charge on any atom is -0.396 e. The molecule has 2 unspecified atom stereocenters. The fourth-order valence-corrected chi connectivity index (χ4v) is 3.72. The van der Waals surface area contributed by atoms with Gasteiger partial charge in [0.2, 0.25) is 0 Å². The lowest BCUT2D eigenvalue weighted by Crippen LogP contribution is -2.33. The van der Waals surface area contributed by atoms with E-state index >= 15 is 0 Å². The Labute approximate surface area is 165 Å². The molecule has 1 fully saturated rings. The summed E-state index contributed by atoms with van der Waals surface area (Å²) >= 11 is 0. The standard InChI is InChI=1S/C23H27NO4/c24-14-19-8-7-18(23-13-21(27)12-22(15-26)28-23)11-20(19)10-17-5-3-16(4-6-17)2-1-9-25/h3-8,11,21-23,25-27H,1-2,9-10,12-13,15H2/t21?,22-,23?/m0/s1. The summed E-state index contributed by atoms with van der Waals surface area (Å²) in [6, 6.07) is 16.2. The number of aliphatic hydroxyl groups excluding tert-OH is 3. The van der Waals surface area contributed by atoms with Crippen LogP contribution in [0, 0.1) is 11.3 Å². The van der Waals surface area contributed by atoms with Gasteiger partial charge in [-0.25, -0.2) is 0 Å². The van der Waals surface area contributed by atoms with Crippen molar-refractivity contribution in [3.63, 3.8) is 0 Å². The zero-order valence-corrected chi connectivity index (χ0v) is 15.9. The van der Waals surface area contributed by atoms with E-state index in [1.54, 1.807) is 6.07 Å². The quantitative estimate of drug-likeness (QED) is 0.686. The van der Waals surface area contributed by atoms with Gasteiger partial charge >= 0.3 is 0 Å². The van der Waals surface area contributed by atoms with Crippen LogP contribution in [0.15, 0.2) is 42.5 Å². The molecule has 3 N–H and O–H groups in total. The molecule has 1 aliphatic rings. The van der Waals surface area contributed by atoms with Crippen LogP contribution in [0.2, 0.25) is 0 Å². The van der Waals surface area contributed by atoms with Gasteiger partial charge in [0.05, 0.1) is 36.6 Å². The minimum atomic E-state index is -0.499. The fraction of sp³-hybridized carbons (Fsp3) is 0.435. The number of nitrogens with zero attached hydrogens (tertiary/aromatic N) is 1. The minimum absolute atomic E-state index is 0.112. The summed E-state index contributed by atoms with van der Waals surface area (Å²) in [6.07, 6.45) is 2.02. The van der Waals surface area contributed by atoms with Gasteiger partial charge in [-0.1, -0.05) is 36.4 Å². The highest BCUT2D eigenvalue weighted by atomic mass is 16.5. The third-order valence-corrected chi connectivity index (χ3v) is 5.24. The Kier molecular flexibility index (Phi) is 7.18. The van der Waals surface area contributed by atoms with Gasteiger partial charge in [-0.15, -0.1) is 0 Å². The molecule has 1 saturated heterocycles. The number of ether oxygens (including phenoxy) is 1. The second-order valence-corrected chi connectivity index (χ2v) is 7.40. The number of benzene rings is 2. The maximum atomic E-state index is 10.1. The summed E-state index contributed by atoms with van der Waals surface area (Å²) in [4.78, 5) is 0. The largest absolute Gasteiger partial charge is 0.396 e. The first-order valence-corrected chi connectivity index (χ1v) is 9.79. The lowest BCUT2D eigenvalue weighted by Gasteiger charge is -2.32. The first-order chi connectivity index (χ1) is 13.6. The fourth-order valence-electron chi connectivity index (χ4n) is 3.72. The Hall–Kier alpha value is -2.23. The van der Waals surface area contributed by atoms with E-state index in [1.807, 2.05) is 12.1 Å². The number of hydrogen-bond donors (Lipinski definition) is 3. The van der Waals surface area contributed by atoms with Crippen molar-refractivity contribution in [3.05, 3.63) is 70.3 Å². The Morgan fingerprint density at radius 2 is 1.79 bits per heavy atom. The zero-order valence-electron chi connectivity index (χ0n) is 15.9. The Balaban J connectivity index is 1.78. The van der Waals surface area contributed by atoms with Gasteiger partial charge in [-0.2, -0.15) is 5.26 Å². The van der Waals surface area contributed by atoms with Crippen LogP contribution in [-0.4, -0.2) is 40.7 Å². The van der Waals surface area contributed by atoms with Crippen molar-refractivity contribution in [1.82, 2.24) is 0 Å². The molecule has 2 aromatic carbocycles. The summed E-state index contributed by atoms with van der Waals surface area (Å²) in [5.74, 6) is 0. The summed E-state index contributed by atoms with van der Waals surface area (Å²) in [5, 5.41) is 37.9. The molecular weight excluding hydrogens is 354 g/mol. The zero-order chi connectivity index (χ0) is 19.9. The number of aryl methyl sites for hydroxylation is 1. The van der Waals surface area contributed by atoms with Crippen LogP contribution in [0.1, 0.15) is 53.2 Å². The molecule has 0 aliphatic carbocycles. The van der Waals surface area contributed by atoms with Crippen LogP contribution >= 0.6 is 0 Å². The molecule has 5 nitrogen and oxygen atoms in total. The van der Waals surface area contributed by atoms with Gasteiger partial charge < -0.3 is 20.1 Å². The van der Waals surface area contributed by atoms with Crippen LogP contribution in [0.4, 0.5) is 0 Å². The van der Waals surface area contributed by atoms with Crippen LogP contribution in [0.25, 0.3) is 0 Å². The predicted molar refractivity (Wildman–Crippen MR) is 106 cm³/mol. The van der Waals surface area contributed by atoms with E-state index in [9.17, 15) is 15.5 Å². The van der Waals surface area contributed by atoms with Gasteiger partial charge in [-0.3, -0.25) is 0 Å². The van der Waals surface area contributed by atoms with Crippen molar-refractivity contribution < 1.29 is 20.1 Å². The van der Waals surface area contributed by atoms with Crippen molar-refractivity contribution >= 4 is 0 Å². The van der Waals surface area contributed by atoms with Crippen LogP contribution in [0.3, 0.4) is 0 Å². The Bertz CT molecular complexity index is 812. The third-order valence-electron chi connectivity index (χ3n) is 5.24. The molecule has 3 rings (SSSR count). The maximum Gasteiger partial charge on any atom is 0.0994 e.